The Morgan fingerprint density at radius 2 is 2.05 bits per heavy atom. The van der Waals surface area contributed by atoms with Gasteiger partial charge in [0.25, 0.3) is 5.91 Å². The summed E-state index contributed by atoms with van der Waals surface area (Å²) in [6, 6.07) is 9.65. The highest BCUT2D eigenvalue weighted by Gasteiger charge is 2.15. The van der Waals surface area contributed by atoms with E-state index in [1.165, 1.54) is 17.0 Å². The van der Waals surface area contributed by atoms with Crippen molar-refractivity contribution in [1.29, 1.82) is 0 Å². The summed E-state index contributed by atoms with van der Waals surface area (Å²) in [5.41, 5.74) is 1.69. The molecule has 1 heterocycles. The van der Waals surface area contributed by atoms with Gasteiger partial charge in [0.05, 0.1) is 0 Å². The maximum atomic E-state index is 13.6. The molecule has 0 saturated carbocycles. The van der Waals surface area contributed by atoms with E-state index in [2.05, 4.69) is 4.98 Å². The van der Waals surface area contributed by atoms with Crippen LogP contribution in [0.1, 0.15) is 28.5 Å². The zero-order valence-corrected chi connectivity index (χ0v) is 12.7. The molecule has 110 valence electrons. The standard InChI is InChI=1S/C16H16ClFN2O/c1-3-13-8-12(9-15(17)19-13)16(21)20(2)10-11-6-4-5-7-14(11)18/h4-9H,3,10H2,1-2H3. The van der Waals surface area contributed by atoms with Crippen LogP contribution in [0, 0.1) is 5.82 Å². The zero-order chi connectivity index (χ0) is 15.4. The molecule has 2 aromatic rings. The van der Waals surface area contributed by atoms with E-state index >= 15 is 0 Å². The lowest BCUT2D eigenvalue weighted by Gasteiger charge is -2.18. The van der Waals surface area contributed by atoms with Gasteiger partial charge in [0, 0.05) is 30.4 Å². The predicted molar refractivity (Wildman–Crippen MR) is 80.8 cm³/mol. The van der Waals surface area contributed by atoms with E-state index in [0.717, 1.165) is 5.69 Å². The Kier molecular flexibility index (Phi) is 4.91. The first kappa shape index (κ1) is 15.4. The maximum absolute atomic E-state index is 13.6. The molecule has 1 aromatic heterocycles. The average Bonchev–Trinajstić information content (AvgIpc) is 2.48. The smallest absolute Gasteiger partial charge is 0.254 e. The van der Waals surface area contributed by atoms with Gasteiger partial charge in [-0.15, -0.1) is 0 Å². The minimum atomic E-state index is -0.320. The average molecular weight is 307 g/mol. The lowest BCUT2D eigenvalue weighted by molar-refractivity contribution is 0.0783. The summed E-state index contributed by atoms with van der Waals surface area (Å²) in [6.45, 7) is 2.14. The number of nitrogens with zero attached hydrogens (tertiary/aromatic N) is 2. The number of rotatable bonds is 4. The molecule has 0 N–H and O–H groups in total. The van der Waals surface area contributed by atoms with Crippen molar-refractivity contribution in [2.75, 3.05) is 7.05 Å². The third kappa shape index (κ3) is 3.79. The number of benzene rings is 1. The summed E-state index contributed by atoms with van der Waals surface area (Å²) >= 11 is 5.92. The fraction of sp³-hybridized carbons (Fsp3) is 0.250. The Morgan fingerprint density at radius 3 is 2.71 bits per heavy atom. The fourth-order valence-corrected chi connectivity index (χ4v) is 2.26. The molecule has 0 aliphatic rings. The van der Waals surface area contributed by atoms with Gasteiger partial charge < -0.3 is 4.90 Å². The monoisotopic (exact) mass is 306 g/mol. The van der Waals surface area contributed by atoms with E-state index in [0.29, 0.717) is 17.5 Å². The lowest BCUT2D eigenvalue weighted by Crippen LogP contribution is -2.26. The van der Waals surface area contributed by atoms with Crippen LogP contribution in [-0.2, 0) is 13.0 Å². The van der Waals surface area contributed by atoms with Crippen molar-refractivity contribution in [2.45, 2.75) is 19.9 Å². The number of amides is 1. The topological polar surface area (TPSA) is 33.2 Å². The number of pyridine rings is 1. The first-order valence-corrected chi connectivity index (χ1v) is 7.04. The molecule has 0 aliphatic carbocycles. The van der Waals surface area contributed by atoms with Crippen molar-refractivity contribution in [1.82, 2.24) is 9.88 Å². The Bertz CT molecular complexity index is 660. The van der Waals surface area contributed by atoms with Gasteiger partial charge >= 0.3 is 0 Å². The maximum Gasteiger partial charge on any atom is 0.254 e. The Morgan fingerprint density at radius 1 is 1.33 bits per heavy atom. The van der Waals surface area contributed by atoms with Crippen LogP contribution >= 0.6 is 11.6 Å². The second-order valence-corrected chi connectivity index (χ2v) is 5.16. The normalized spacial score (nSPS) is 10.5. The summed E-state index contributed by atoms with van der Waals surface area (Å²) in [6.07, 6.45) is 0.692. The minimum Gasteiger partial charge on any atom is -0.337 e. The molecular formula is C16H16ClFN2O. The highest BCUT2D eigenvalue weighted by atomic mass is 35.5. The highest BCUT2D eigenvalue weighted by molar-refractivity contribution is 6.29. The van der Waals surface area contributed by atoms with Crippen LogP contribution < -0.4 is 0 Å². The van der Waals surface area contributed by atoms with Gasteiger partial charge in [0.2, 0.25) is 0 Å². The number of aryl methyl sites for hydroxylation is 1. The Balaban J connectivity index is 2.20. The van der Waals surface area contributed by atoms with Crippen molar-refractivity contribution >= 4 is 17.5 Å². The molecule has 0 bridgehead atoms. The molecule has 0 unspecified atom stereocenters. The van der Waals surface area contributed by atoms with Gasteiger partial charge in [-0.2, -0.15) is 0 Å². The first-order chi connectivity index (χ1) is 10.0. The molecule has 2 rings (SSSR count). The van der Waals surface area contributed by atoms with Gasteiger partial charge in [-0.25, -0.2) is 9.37 Å². The third-order valence-corrected chi connectivity index (χ3v) is 3.36. The number of halogens is 2. The molecular weight excluding hydrogens is 291 g/mol. The Hall–Kier alpha value is -1.94. The molecule has 0 atom stereocenters. The van der Waals surface area contributed by atoms with Crippen LogP contribution in [0.2, 0.25) is 5.15 Å². The lowest BCUT2D eigenvalue weighted by atomic mass is 10.1. The molecule has 3 nitrogen and oxygen atoms in total. The van der Waals surface area contributed by atoms with Gasteiger partial charge in [-0.3, -0.25) is 4.79 Å². The first-order valence-electron chi connectivity index (χ1n) is 6.66. The molecule has 1 aromatic carbocycles. The van der Waals surface area contributed by atoms with Crippen LogP contribution in [0.25, 0.3) is 0 Å². The number of hydrogen-bond acceptors (Lipinski definition) is 2. The number of carbonyl (C=O) groups excluding carboxylic acids is 1. The van der Waals surface area contributed by atoms with Crippen molar-refractivity contribution in [2.24, 2.45) is 0 Å². The quantitative estimate of drug-likeness (QED) is 0.807. The third-order valence-electron chi connectivity index (χ3n) is 3.17. The summed E-state index contributed by atoms with van der Waals surface area (Å²) in [7, 11) is 1.63. The van der Waals surface area contributed by atoms with Gasteiger partial charge in [-0.05, 0) is 24.6 Å². The molecule has 5 heteroatoms. The second kappa shape index (κ2) is 6.68. The largest absolute Gasteiger partial charge is 0.337 e. The van der Waals surface area contributed by atoms with Crippen molar-refractivity contribution in [3.8, 4) is 0 Å². The fourth-order valence-electron chi connectivity index (χ4n) is 2.03. The number of hydrogen-bond donors (Lipinski definition) is 0. The van der Waals surface area contributed by atoms with E-state index in [4.69, 9.17) is 11.6 Å². The molecule has 1 amide bonds. The summed E-state index contributed by atoms with van der Waals surface area (Å²) < 4.78 is 13.6. The highest BCUT2D eigenvalue weighted by Crippen LogP contribution is 2.15. The SMILES string of the molecule is CCc1cc(C(=O)N(C)Cc2ccccc2F)cc(Cl)n1. The van der Waals surface area contributed by atoms with E-state index in [1.54, 1.807) is 31.3 Å². The van der Waals surface area contributed by atoms with Crippen molar-refractivity contribution in [3.63, 3.8) is 0 Å². The van der Waals surface area contributed by atoms with E-state index in [9.17, 15) is 9.18 Å². The van der Waals surface area contributed by atoms with Crippen LogP contribution in [0.3, 0.4) is 0 Å². The molecule has 0 fully saturated rings. The van der Waals surface area contributed by atoms with Gasteiger partial charge in [0.1, 0.15) is 11.0 Å². The van der Waals surface area contributed by atoms with Crippen LogP contribution in [-0.4, -0.2) is 22.8 Å². The van der Waals surface area contributed by atoms with Gasteiger partial charge in [0.15, 0.2) is 0 Å². The molecule has 0 saturated heterocycles. The van der Waals surface area contributed by atoms with Crippen LogP contribution in [0.15, 0.2) is 36.4 Å². The van der Waals surface area contributed by atoms with E-state index < -0.39 is 0 Å². The zero-order valence-electron chi connectivity index (χ0n) is 11.9. The minimum absolute atomic E-state index is 0.201. The summed E-state index contributed by atoms with van der Waals surface area (Å²) in [5, 5.41) is 0.289. The van der Waals surface area contributed by atoms with Gasteiger partial charge in [-0.1, -0.05) is 36.7 Å². The van der Waals surface area contributed by atoms with Crippen molar-refractivity contribution < 1.29 is 9.18 Å². The molecule has 0 aliphatic heterocycles. The predicted octanol–water partition coefficient (Wildman–Crippen LogP) is 3.71. The van der Waals surface area contributed by atoms with Crippen LogP contribution in [0.5, 0.6) is 0 Å². The van der Waals surface area contributed by atoms with E-state index in [-0.39, 0.29) is 23.4 Å². The van der Waals surface area contributed by atoms with Crippen molar-refractivity contribution in [3.05, 3.63) is 64.2 Å². The molecule has 21 heavy (non-hydrogen) atoms. The van der Waals surface area contributed by atoms with Crippen LogP contribution in [0.4, 0.5) is 4.39 Å². The summed E-state index contributed by atoms with van der Waals surface area (Å²) in [4.78, 5) is 18.0. The molecule has 0 spiro atoms. The second-order valence-electron chi connectivity index (χ2n) is 4.78. The Labute approximate surface area is 128 Å². The summed E-state index contributed by atoms with van der Waals surface area (Å²) in [5.74, 6) is -0.531. The van der Waals surface area contributed by atoms with E-state index in [1.807, 2.05) is 6.92 Å². The molecule has 0 radical (unpaired) electrons. The number of carbonyl (C=O) groups is 1. The number of aromatic nitrogens is 1.